The summed E-state index contributed by atoms with van der Waals surface area (Å²) < 4.78 is 5.22. The lowest BCUT2D eigenvalue weighted by Crippen LogP contribution is -2.37. The summed E-state index contributed by atoms with van der Waals surface area (Å²) in [5.41, 5.74) is 0. The maximum Gasteiger partial charge on any atom is 0.0667 e. The van der Waals surface area contributed by atoms with Crippen molar-refractivity contribution in [2.45, 2.75) is 44.4 Å². The summed E-state index contributed by atoms with van der Waals surface area (Å²) in [7, 11) is 1.78. The van der Waals surface area contributed by atoms with Gasteiger partial charge in [0.15, 0.2) is 0 Å². The molecule has 1 aliphatic heterocycles. The Balaban J connectivity index is 1.63. The third-order valence-corrected chi connectivity index (χ3v) is 3.38. The van der Waals surface area contributed by atoms with Crippen LogP contribution in [0.25, 0.3) is 0 Å². The van der Waals surface area contributed by atoms with E-state index in [0.29, 0.717) is 12.1 Å². The molecule has 2 aliphatic rings. The van der Waals surface area contributed by atoms with Crippen molar-refractivity contribution in [3.8, 4) is 0 Å². The van der Waals surface area contributed by atoms with Crippen molar-refractivity contribution in [3.05, 3.63) is 0 Å². The van der Waals surface area contributed by atoms with E-state index in [9.17, 15) is 0 Å². The molecule has 1 heterocycles. The van der Waals surface area contributed by atoms with Crippen molar-refractivity contribution in [3.63, 3.8) is 0 Å². The maximum absolute atomic E-state index is 5.22. The van der Waals surface area contributed by atoms with Gasteiger partial charge in [0.2, 0.25) is 0 Å². The molecule has 1 aliphatic carbocycles. The summed E-state index contributed by atoms with van der Waals surface area (Å²) in [6.45, 7) is 5.64. The van der Waals surface area contributed by atoms with Crippen LogP contribution in [0.1, 0.15) is 26.2 Å². The van der Waals surface area contributed by atoms with Gasteiger partial charge in [0.05, 0.1) is 6.10 Å². The molecule has 3 nitrogen and oxygen atoms in total. The Bertz CT molecular complexity index is 182. The number of rotatable bonds is 5. The average Bonchev–Trinajstić information content (AvgIpc) is 2.95. The highest BCUT2D eigenvalue weighted by molar-refractivity contribution is 4.91. The fourth-order valence-electron chi connectivity index (χ4n) is 2.14. The second-order valence-electron chi connectivity index (χ2n) is 4.67. The van der Waals surface area contributed by atoms with E-state index >= 15 is 0 Å². The van der Waals surface area contributed by atoms with Gasteiger partial charge in [-0.05, 0) is 26.2 Å². The normalized spacial score (nSPS) is 30.9. The summed E-state index contributed by atoms with van der Waals surface area (Å²) in [5.74, 6) is 0. The molecular formula is C11H22N2O. The second-order valence-corrected chi connectivity index (χ2v) is 4.67. The Kier molecular flexibility index (Phi) is 3.42. The lowest BCUT2D eigenvalue weighted by Gasteiger charge is -2.17. The molecular weight excluding hydrogens is 176 g/mol. The zero-order valence-electron chi connectivity index (χ0n) is 9.33. The molecule has 0 amide bonds. The molecule has 2 rings (SSSR count). The summed E-state index contributed by atoms with van der Waals surface area (Å²) in [5, 5.41) is 3.58. The number of likely N-dealkylation sites (tertiary alicyclic amines) is 1. The first kappa shape index (κ1) is 10.4. The molecule has 0 aromatic heterocycles. The van der Waals surface area contributed by atoms with Crippen molar-refractivity contribution < 1.29 is 4.74 Å². The van der Waals surface area contributed by atoms with Crippen molar-refractivity contribution in [2.75, 3.05) is 26.7 Å². The zero-order chi connectivity index (χ0) is 9.97. The molecule has 1 N–H and O–H groups in total. The minimum Gasteiger partial charge on any atom is -0.380 e. The van der Waals surface area contributed by atoms with Gasteiger partial charge in [0.25, 0.3) is 0 Å². The number of nitrogens with one attached hydrogen (secondary N) is 1. The van der Waals surface area contributed by atoms with E-state index in [2.05, 4.69) is 17.1 Å². The molecule has 2 unspecified atom stereocenters. The first-order chi connectivity index (χ1) is 6.79. The number of nitrogens with zero attached hydrogens (tertiary/aromatic N) is 1. The van der Waals surface area contributed by atoms with Crippen LogP contribution in [0.2, 0.25) is 0 Å². The predicted molar refractivity (Wildman–Crippen MR) is 57.5 cm³/mol. The van der Waals surface area contributed by atoms with E-state index < -0.39 is 0 Å². The molecule has 2 fully saturated rings. The fourth-order valence-corrected chi connectivity index (χ4v) is 2.14. The minimum atomic E-state index is 0.338. The van der Waals surface area contributed by atoms with E-state index in [4.69, 9.17) is 4.74 Å². The van der Waals surface area contributed by atoms with Crippen LogP contribution in [-0.4, -0.2) is 49.8 Å². The maximum atomic E-state index is 5.22. The van der Waals surface area contributed by atoms with E-state index in [1.54, 1.807) is 7.11 Å². The van der Waals surface area contributed by atoms with Crippen LogP contribution in [0, 0.1) is 0 Å². The number of hydrogen-bond acceptors (Lipinski definition) is 3. The lowest BCUT2D eigenvalue weighted by molar-refractivity contribution is 0.114. The Morgan fingerprint density at radius 2 is 2.21 bits per heavy atom. The molecule has 0 radical (unpaired) electrons. The quantitative estimate of drug-likeness (QED) is 0.709. The number of methoxy groups -OCH3 is 1. The van der Waals surface area contributed by atoms with Crippen molar-refractivity contribution in [1.29, 1.82) is 0 Å². The van der Waals surface area contributed by atoms with Gasteiger partial charge in [-0.1, -0.05) is 0 Å². The van der Waals surface area contributed by atoms with E-state index in [-0.39, 0.29) is 0 Å². The van der Waals surface area contributed by atoms with Crippen LogP contribution >= 0.6 is 0 Å². The average molecular weight is 198 g/mol. The Labute approximate surface area is 86.8 Å². The molecule has 0 spiro atoms. The van der Waals surface area contributed by atoms with Crippen LogP contribution in [0.3, 0.4) is 0 Å². The third kappa shape index (κ3) is 2.69. The zero-order valence-corrected chi connectivity index (χ0v) is 9.33. The molecule has 82 valence electrons. The predicted octanol–water partition coefficient (Wildman–Crippen LogP) is 0.848. The first-order valence-corrected chi connectivity index (χ1v) is 5.80. The smallest absolute Gasteiger partial charge is 0.0667 e. The molecule has 3 heteroatoms. The van der Waals surface area contributed by atoms with Gasteiger partial charge >= 0.3 is 0 Å². The summed E-state index contributed by atoms with van der Waals surface area (Å²) in [6.07, 6.45) is 4.51. The molecule has 1 saturated carbocycles. The van der Waals surface area contributed by atoms with E-state index in [1.807, 2.05) is 0 Å². The summed E-state index contributed by atoms with van der Waals surface area (Å²) in [4.78, 5) is 2.63. The monoisotopic (exact) mass is 198 g/mol. The van der Waals surface area contributed by atoms with Crippen molar-refractivity contribution >= 4 is 0 Å². The molecule has 0 aromatic rings. The Morgan fingerprint density at radius 1 is 1.43 bits per heavy atom. The summed E-state index contributed by atoms with van der Waals surface area (Å²) >= 11 is 0. The SMILES string of the molecule is COC(C)CNC1CCN(C2CC2)C1. The lowest BCUT2D eigenvalue weighted by atomic mass is 10.2. The minimum absolute atomic E-state index is 0.338. The third-order valence-electron chi connectivity index (χ3n) is 3.38. The van der Waals surface area contributed by atoms with Gasteiger partial charge in [0.1, 0.15) is 0 Å². The molecule has 0 aromatic carbocycles. The highest BCUT2D eigenvalue weighted by Crippen LogP contribution is 2.29. The molecule has 14 heavy (non-hydrogen) atoms. The molecule has 2 atom stereocenters. The number of ether oxygens (including phenoxy) is 1. The van der Waals surface area contributed by atoms with Gasteiger partial charge in [-0.3, -0.25) is 4.90 Å². The van der Waals surface area contributed by atoms with Gasteiger partial charge in [0, 0.05) is 38.8 Å². The van der Waals surface area contributed by atoms with E-state index in [0.717, 1.165) is 12.6 Å². The van der Waals surface area contributed by atoms with Gasteiger partial charge < -0.3 is 10.1 Å². The van der Waals surface area contributed by atoms with Crippen LogP contribution in [-0.2, 0) is 4.74 Å². The van der Waals surface area contributed by atoms with E-state index in [1.165, 1.54) is 32.4 Å². The highest BCUT2D eigenvalue weighted by atomic mass is 16.5. The molecule has 0 bridgehead atoms. The fraction of sp³-hybridized carbons (Fsp3) is 1.00. The van der Waals surface area contributed by atoms with Crippen LogP contribution < -0.4 is 5.32 Å². The summed E-state index contributed by atoms with van der Waals surface area (Å²) in [6, 6.07) is 1.63. The second kappa shape index (κ2) is 4.60. The standard InChI is InChI=1S/C11H22N2O/c1-9(14-2)7-12-10-5-6-13(8-10)11-3-4-11/h9-12H,3-8H2,1-2H3. The van der Waals surface area contributed by atoms with Crippen LogP contribution in [0.5, 0.6) is 0 Å². The first-order valence-electron chi connectivity index (χ1n) is 5.80. The molecule has 1 saturated heterocycles. The van der Waals surface area contributed by atoms with Crippen molar-refractivity contribution in [2.24, 2.45) is 0 Å². The topological polar surface area (TPSA) is 24.5 Å². The number of hydrogen-bond donors (Lipinski definition) is 1. The Morgan fingerprint density at radius 3 is 2.86 bits per heavy atom. The van der Waals surface area contributed by atoms with Crippen LogP contribution in [0.4, 0.5) is 0 Å². The largest absolute Gasteiger partial charge is 0.380 e. The van der Waals surface area contributed by atoms with Gasteiger partial charge in [-0.25, -0.2) is 0 Å². The van der Waals surface area contributed by atoms with Crippen molar-refractivity contribution in [1.82, 2.24) is 10.2 Å². The highest BCUT2D eigenvalue weighted by Gasteiger charge is 2.34. The van der Waals surface area contributed by atoms with Gasteiger partial charge in [-0.15, -0.1) is 0 Å². The Hall–Kier alpha value is -0.120. The van der Waals surface area contributed by atoms with Crippen LogP contribution in [0.15, 0.2) is 0 Å². The van der Waals surface area contributed by atoms with Gasteiger partial charge in [-0.2, -0.15) is 0 Å².